The molecule has 0 unspecified atom stereocenters. The van der Waals surface area contributed by atoms with E-state index in [-0.39, 0.29) is 22.9 Å². The molecule has 12 heteroatoms. The van der Waals surface area contributed by atoms with Gasteiger partial charge in [0.05, 0.1) is 23.5 Å². The summed E-state index contributed by atoms with van der Waals surface area (Å²) < 4.78 is 2.92. The lowest BCUT2D eigenvalue weighted by atomic mass is 10.1. The Hall–Kier alpha value is -4.51. The van der Waals surface area contributed by atoms with E-state index in [9.17, 15) is 19.7 Å². The molecule has 2 heterocycles. The van der Waals surface area contributed by atoms with Crippen molar-refractivity contribution < 1.29 is 14.5 Å². The number of carbonyl (C=O) groups excluding carboxylic acids is 2. The van der Waals surface area contributed by atoms with Crippen molar-refractivity contribution in [3.05, 3.63) is 98.9 Å². The minimum absolute atomic E-state index is 0.0503. The predicted octanol–water partition coefficient (Wildman–Crippen LogP) is 4.21. The van der Waals surface area contributed by atoms with Crippen LogP contribution in [0.15, 0.2) is 67.0 Å². The minimum atomic E-state index is -0.651. The van der Waals surface area contributed by atoms with Crippen LogP contribution in [0.5, 0.6) is 0 Å². The van der Waals surface area contributed by atoms with E-state index in [2.05, 4.69) is 20.8 Å². The number of para-hydroxylation sites is 1. The van der Waals surface area contributed by atoms with Crippen LogP contribution in [0.4, 0.5) is 17.2 Å². The summed E-state index contributed by atoms with van der Waals surface area (Å²) in [5.41, 5.74) is 2.11. The summed E-state index contributed by atoms with van der Waals surface area (Å²) in [6.45, 7) is 2.63. The monoisotopic (exact) mass is 493 g/mol. The maximum atomic E-state index is 12.8. The Bertz CT molecular complexity index is 1380. The van der Waals surface area contributed by atoms with Crippen molar-refractivity contribution in [3.63, 3.8) is 0 Å². The van der Waals surface area contributed by atoms with Crippen molar-refractivity contribution in [2.24, 2.45) is 0 Å². The van der Waals surface area contributed by atoms with E-state index in [0.717, 1.165) is 5.56 Å². The molecule has 178 valence electrons. The topological polar surface area (TPSA) is 137 Å². The Morgan fingerprint density at radius 1 is 0.971 bits per heavy atom. The van der Waals surface area contributed by atoms with Gasteiger partial charge in [-0.2, -0.15) is 9.78 Å². The number of anilines is 2. The van der Waals surface area contributed by atoms with Gasteiger partial charge in [-0.25, -0.2) is 0 Å². The molecule has 0 saturated carbocycles. The number of rotatable bonds is 8. The molecule has 2 aromatic heterocycles. The zero-order valence-electron chi connectivity index (χ0n) is 18.5. The summed E-state index contributed by atoms with van der Waals surface area (Å²) in [6, 6.07) is 15.6. The van der Waals surface area contributed by atoms with E-state index in [4.69, 9.17) is 11.6 Å². The molecule has 4 aromatic rings. The zero-order chi connectivity index (χ0) is 24.9. The molecular weight excluding hydrogens is 474 g/mol. The number of halogens is 1. The lowest BCUT2D eigenvalue weighted by molar-refractivity contribution is -0.389. The number of aromatic nitrogens is 4. The molecule has 4 rings (SSSR count). The predicted molar refractivity (Wildman–Crippen MR) is 130 cm³/mol. The van der Waals surface area contributed by atoms with E-state index in [1.54, 1.807) is 59.4 Å². The van der Waals surface area contributed by atoms with Gasteiger partial charge in [-0.1, -0.05) is 41.9 Å². The van der Waals surface area contributed by atoms with Gasteiger partial charge in [0, 0.05) is 24.0 Å². The highest BCUT2D eigenvalue weighted by molar-refractivity contribution is 6.32. The fraction of sp³-hybridized carbons (Fsp3) is 0.130. The van der Waals surface area contributed by atoms with Crippen LogP contribution in [0.1, 0.15) is 33.3 Å². The second-order valence-corrected chi connectivity index (χ2v) is 7.88. The van der Waals surface area contributed by atoms with Gasteiger partial charge in [-0.15, -0.1) is 0 Å². The summed E-state index contributed by atoms with van der Waals surface area (Å²) in [6.07, 6.45) is 2.97. The number of nitrogens with zero attached hydrogens (tertiary/aromatic N) is 5. The fourth-order valence-electron chi connectivity index (χ4n) is 3.29. The molecular formula is C23H20ClN7O4. The lowest BCUT2D eigenvalue weighted by Crippen LogP contribution is -2.18. The van der Waals surface area contributed by atoms with Crippen molar-refractivity contribution in [2.75, 3.05) is 10.6 Å². The quantitative estimate of drug-likeness (QED) is 0.278. The van der Waals surface area contributed by atoms with Crippen LogP contribution in [0, 0.1) is 10.1 Å². The molecule has 0 bridgehead atoms. The Morgan fingerprint density at radius 3 is 2.31 bits per heavy atom. The maximum Gasteiger partial charge on any atom is 0.408 e. The number of carbonyl (C=O) groups is 2. The van der Waals surface area contributed by atoms with E-state index >= 15 is 0 Å². The molecule has 0 aliphatic rings. The molecule has 2 aromatic carbocycles. The van der Waals surface area contributed by atoms with Crippen LogP contribution >= 0.6 is 11.6 Å². The van der Waals surface area contributed by atoms with Gasteiger partial charge < -0.3 is 20.7 Å². The average Bonchev–Trinajstić information content (AvgIpc) is 3.43. The standard InChI is InChI=1S/C23H20ClN7O4/c1-2-29-14-19(20(27-29)23(33)25-17-6-4-3-5-7-17)26-22(32)16-10-8-15(9-11-16)12-30-13-18(24)21(28-30)31(34)35/h3-11,13-14H,2,12H2,1H3,(H,25,33)(H,26,32). The third-order valence-corrected chi connectivity index (χ3v) is 5.28. The number of aryl methyl sites for hydroxylation is 1. The summed E-state index contributed by atoms with van der Waals surface area (Å²) >= 11 is 5.83. The summed E-state index contributed by atoms with van der Waals surface area (Å²) in [7, 11) is 0. The van der Waals surface area contributed by atoms with Gasteiger partial charge in [0.1, 0.15) is 0 Å². The second-order valence-electron chi connectivity index (χ2n) is 7.47. The molecule has 0 saturated heterocycles. The number of nitro groups is 1. The summed E-state index contributed by atoms with van der Waals surface area (Å²) in [5, 5.41) is 24.5. The normalized spacial score (nSPS) is 10.7. The van der Waals surface area contributed by atoms with E-state index < -0.39 is 22.6 Å². The molecule has 35 heavy (non-hydrogen) atoms. The molecule has 0 spiro atoms. The third kappa shape index (κ3) is 5.53. The van der Waals surface area contributed by atoms with Crippen molar-refractivity contribution in [3.8, 4) is 0 Å². The molecule has 0 aliphatic heterocycles. The van der Waals surface area contributed by atoms with Crippen LogP contribution in [0.2, 0.25) is 5.02 Å². The van der Waals surface area contributed by atoms with Gasteiger partial charge in [-0.05, 0) is 41.7 Å². The van der Waals surface area contributed by atoms with Crippen LogP contribution in [-0.2, 0) is 13.1 Å². The first kappa shape index (κ1) is 23.6. The SMILES string of the molecule is CCn1cc(NC(=O)c2ccc(Cn3cc(Cl)c([N+](=O)[O-])n3)cc2)c(C(=O)Nc2ccccc2)n1. The van der Waals surface area contributed by atoms with Crippen molar-refractivity contribution in [2.45, 2.75) is 20.0 Å². The highest BCUT2D eigenvalue weighted by Crippen LogP contribution is 2.22. The van der Waals surface area contributed by atoms with Gasteiger partial charge in [-0.3, -0.25) is 14.3 Å². The average molecular weight is 494 g/mol. The van der Waals surface area contributed by atoms with Gasteiger partial charge in [0.15, 0.2) is 10.7 Å². The van der Waals surface area contributed by atoms with Crippen LogP contribution in [-0.4, -0.2) is 36.3 Å². The van der Waals surface area contributed by atoms with Gasteiger partial charge >= 0.3 is 5.82 Å². The van der Waals surface area contributed by atoms with E-state index in [1.807, 2.05) is 13.0 Å². The van der Waals surface area contributed by atoms with Crippen molar-refractivity contribution >= 4 is 40.6 Å². The molecule has 11 nitrogen and oxygen atoms in total. The van der Waals surface area contributed by atoms with Crippen molar-refractivity contribution in [1.29, 1.82) is 0 Å². The van der Waals surface area contributed by atoms with Crippen LogP contribution in [0.3, 0.4) is 0 Å². The molecule has 0 fully saturated rings. The number of benzene rings is 2. The first-order valence-electron chi connectivity index (χ1n) is 10.6. The first-order chi connectivity index (χ1) is 16.8. The number of nitrogens with one attached hydrogen (secondary N) is 2. The highest BCUT2D eigenvalue weighted by atomic mass is 35.5. The first-order valence-corrected chi connectivity index (χ1v) is 10.9. The summed E-state index contributed by atoms with van der Waals surface area (Å²) in [4.78, 5) is 35.9. The Balaban J connectivity index is 1.47. The smallest absolute Gasteiger partial charge is 0.358 e. The molecule has 0 aliphatic carbocycles. The Labute approximate surface area is 204 Å². The fourth-order valence-corrected chi connectivity index (χ4v) is 3.51. The van der Waals surface area contributed by atoms with Crippen LogP contribution in [0.25, 0.3) is 0 Å². The van der Waals surface area contributed by atoms with Gasteiger partial charge in [0.2, 0.25) is 0 Å². The van der Waals surface area contributed by atoms with Gasteiger partial charge in [0.25, 0.3) is 11.8 Å². The zero-order valence-corrected chi connectivity index (χ0v) is 19.3. The third-order valence-electron chi connectivity index (χ3n) is 5.01. The molecule has 0 atom stereocenters. The summed E-state index contributed by atoms with van der Waals surface area (Å²) in [5.74, 6) is -1.28. The van der Waals surface area contributed by atoms with Crippen LogP contribution < -0.4 is 10.6 Å². The molecule has 2 amide bonds. The largest absolute Gasteiger partial charge is 0.408 e. The molecule has 0 radical (unpaired) electrons. The van der Waals surface area contributed by atoms with Crippen molar-refractivity contribution in [1.82, 2.24) is 19.6 Å². The maximum absolute atomic E-state index is 12.8. The number of hydrogen-bond donors (Lipinski definition) is 2. The second kappa shape index (κ2) is 10.2. The Morgan fingerprint density at radius 2 is 1.69 bits per heavy atom. The highest BCUT2D eigenvalue weighted by Gasteiger charge is 2.21. The minimum Gasteiger partial charge on any atom is -0.358 e. The number of amides is 2. The number of hydrogen-bond acceptors (Lipinski definition) is 6. The van der Waals surface area contributed by atoms with E-state index in [0.29, 0.717) is 17.8 Å². The Kier molecular flexibility index (Phi) is 6.88. The van der Waals surface area contributed by atoms with E-state index in [1.165, 1.54) is 10.9 Å². The lowest BCUT2D eigenvalue weighted by Gasteiger charge is -2.07. The molecule has 2 N–H and O–H groups in total.